The van der Waals surface area contributed by atoms with Gasteiger partial charge in [0.1, 0.15) is 6.10 Å². The van der Waals surface area contributed by atoms with Gasteiger partial charge in [0.15, 0.2) is 0 Å². The minimum atomic E-state index is -0.994. The Labute approximate surface area is 99.4 Å². The maximum atomic E-state index is 11.6. The fourth-order valence-corrected chi connectivity index (χ4v) is 1.38. The van der Waals surface area contributed by atoms with E-state index in [9.17, 15) is 9.59 Å². The highest BCUT2D eigenvalue weighted by molar-refractivity contribution is 5.95. The number of anilines is 1. The molecule has 0 aliphatic carbocycles. The molecule has 17 heavy (non-hydrogen) atoms. The molecule has 1 atom stereocenters. The summed E-state index contributed by atoms with van der Waals surface area (Å²) in [6.07, 6.45) is 0.0874. The van der Waals surface area contributed by atoms with Crippen molar-refractivity contribution in [2.24, 2.45) is 0 Å². The first-order chi connectivity index (χ1) is 8.08. The summed E-state index contributed by atoms with van der Waals surface area (Å²) in [5.41, 5.74) is 0.734. The number of rotatable bonds is 5. The molecule has 5 nitrogen and oxygen atoms in total. The number of nitrogens with one attached hydrogen (secondary N) is 1. The molecule has 0 aliphatic rings. The number of hydrogen-bond acceptors (Lipinski definition) is 3. The molecule has 0 aromatic heterocycles. The van der Waals surface area contributed by atoms with Gasteiger partial charge in [-0.15, -0.1) is 0 Å². The van der Waals surface area contributed by atoms with Crippen LogP contribution in [-0.2, 0) is 9.53 Å². The summed E-state index contributed by atoms with van der Waals surface area (Å²) < 4.78 is 4.99. The highest BCUT2D eigenvalue weighted by Crippen LogP contribution is 2.11. The number of ether oxygens (including phenoxy) is 1. The lowest BCUT2D eigenvalue weighted by molar-refractivity contribution is -0.125. The first kappa shape index (κ1) is 13.2. The molecule has 0 aliphatic heterocycles. The topological polar surface area (TPSA) is 75.6 Å². The first-order valence-corrected chi connectivity index (χ1v) is 5.25. The second-order valence-electron chi connectivity index (χ2n) is 3.50. The van der Waals surface area contributed by atoms with E-state index in [0.717, 1.165) is 0 Å². The molecule has 2 N–H and O–H groups in total. The van der Waals surface area contributed by atoms with Crippen LogP contribution in [0.2, 0.25) is 0 Å². The van der Waals surface area contributed by atoms with Crippen LogP contribution >= 0.6 is 0 Å². The van der Waals surface area contributed by atoms with Gasteiger partial charge < -0.3 is 15.2 Å². The van der Waals surface area contributed by atoms with Crippen LogP contribution in [0.3, 0.4) is 0 Å². The van der Waals surface area contributed by atoms with Crippen molar-refractivity contribution >= 4 is 17.6 Å². The van der Waals surface area contributed by atoms with E-state index in [0.29, 0.717) is 12.1 Å². The third-order valence-electron chi connectivity index (χ3n) is 2.35. The van der Waals surface area contributed by atoms with E-state index in [1.54, 1.807) is 12.1 Å². The van der Waals surface area contributed by atoms with Gasteiger partial charge in [0.25, 0.3) is 5.91 Å². The van der Waals surface area contributed by atoms with E-state index in [2.05, 4.69) is 5.32 Å². The van der Waals surface area contributed by atoms with Crippen molar-refractivity contribution in [3.05, 3.63) is 29.8 Å². The lowest BCUT2D eigenvalue weighted by atomic mass is 10.2. The molecule has 1 aromatic carbocycles. The molecule has 92 valence electrons. The van der Waals surface area contributed by atoms with Crippen molar-refractivity contribution in [3.8, 4) is 0 Å². The number of benzene rings is 1. The van der Waals surface area contributed by atoms with E-state index in [-0.39, 0.29) is 11.5 Å². The van der Waals surface area contributed by atoms with Crippen LogP contribution in [0.5, 0.6) is 0 Å². The lowest BCUT2D eigenvalue weighted by Gasteiger charge is -2.13. The third kappa shape index (κ3) is 3.57. The Morgan fingerprint density at radius 3 is 2.35 bits per heavy atom. The van der Waals surface area contributed by atoms with Crippen LogP contribution in [-0.4, -0.2) is 30.2 Å². The van der Waals surface area contributed by atoms with Crippen molar-refractivity contribution in [2.45, 2.75) is 19.4 Å². The van der Waals surface area contributed by atoms with Crippen molar-refractivity contribution in [2.75, 3.05) is 12.4 Å². The largest absolute Gasteiger partial charge is 0.478 e. The van der Waals surface area contributed by atoms with Gasteiger partial charge in [-0.3, -0.25) is 4.79 Å². The predicted molar refractivity (Wildman–Crippen MR) is 63.1 cm³/mol. The van der Waals surface area contributed by atoms with Gasteiger partial charge in [-0.25, -0.2) is 4.79 Å². The van der Waals surface area contributed by atoms with E-state index in [1.807, 2.05) is 6.92 Å². The Kier molecular flexibility index (Phi) is 4.66. The normalized spacial score (nSPS) is 11.9. The molecule has 0 bridgehead atoms. The molecule has 1 amide bonds. The summed E-state index contributed by atoms with van der Waals surface area (Å²) in [6, 6.07) is 5.96. The van der Waals surface area contributed by atoms with Crippen LogP contribution < -0.4 is 5.32 Å². The SMILES string of the molecule is CC[C@@H](OC)C(=O)Nc1ccc(C(=O)O)cc1. The van der Waals surface area contributed by atoms with Crippen molar-refractivity contribution in [1.82, 2.24) is 0 Å². The van der Waals surface area contributed by atoms with E-state index in [4.69, 9.17) is 9.84 Å². The molecular formula is C12H15NO4. The summed E-state index contributed by atoms with van der Waals surface area (Å²) in [5.74, 6) is -1.23. The zero-order valence-electron chi connectivity index (χ0n) is 9.77. The number of methoxy groups -OCH3 is 1. The Hall–Kier alpha value is -1.88. The van der Waals surface area contributed by atoms with Crippen LogP contribution in [0.1, 0.15) is 23.7 Å². The van der Waals surface area contributed by atoms with E-state index in [1.165, 1.54) is 19.2 Å². The monoisotopic (exact) mass is 237 g/mol. The number of carboxylic acid groups (broad SMARTS) is 1. The zero-order valence-corrected chi connectivity index (χ0v) is 9.77. The second-order valence-corrected chi connectivity index (χ2v) is 3.50. The average molecular weight is 237 g/mol. The van der Waals surface area contributed by atoms with Crippen LogP contribution in [0.4, 0.5) is 5.69 Å². The first-order valence-electron chi connectivity index (χ1n) is 5.25. The average Bonchev–Trinajstić information content (AvgIpc) is 2.31. The third-order valence-corrected chi connectivity index (χ3v) is 2.35. The Bertz CT molecular complexity index is 395. The van der Waals surface area contributed by atoms with Gasteiger partial charge in [0, 0.05) is 12.8 Å². The standard InChI is InChI=1S/C12H15NO4/c1-3-10(17-2)11(14)13-9-6-4-8(5-7-9)12(15)16/h4-7,10H,3H2,1-2H3,(H,13,14)(H,15,16)/t10-/m1/s1. The highest BCUT2D eigenvalue weighted by Gasteiger charge is 2.15. The fourth-order valence-electron chi connectivity index (χ4n) is 1.38. The van der Waals surface area contributed by atoms with Crippen molar-refractivity contribution in [3.63, 3.8) is 0 Å². The second kappa shape index (κ2) is 6.00. The molecule has 0 fully saturated rings. The lowest BCUT2D eigenvalue weighted by Crippen LogP contribution is -2.28. The van der Waals surface area contributed by atoms with E-state index < -0.39 is 12.1 Å². The van der Waals surface area contributed by atoms with Gasteiger partial charge in [-0.2, -0.15) is 0 Å². The molecule has 0 saturated heterocycles. The Morgan fingerprint density at radius 2 is 1.94 bits per heavy atom. The maximum Gasteiger partial charge on any atom is 0.335 e. The molecule has 0 heterocycles. The van der Waals surface area contributed by atoms with Crippen LogP contribution in [0.15, 0.2) is 24.3 Å². The quantitative estimate of drug-likeness (QED) is 0.818. The van der Waals surface area contributed by atoms with Gasteiger partial charge in [-0.05, 0) is 30.7 Å². The molecule has 0 unspecified atom stereocenters. The van der Waals surface area contributed by atoms with Gasteiger partial charge in [-0.1, -0.05) is 6.92 Å². The summed E-state index contributed by atoms with van der Waals surface area (Å²) in [4.78, 5) is 22.3. The molecule has 0 saturated carbocycles. The van der Waals surface area contributed by atoms with Gasteiger partial charge in [0.05, 0.1) is 5.56 Å². The Balaban J connectivity index is 2.69. The minimum absolute atomic E-state index is 0.182. The molecule has 0 spiro atoms. The number of carbonyl (C=O) groups is 2. The minimum Gasteiger partial charge on any atom is -0.478 e. The Morgan fingerprint density at radius 1 is 1.35 bits per heavy atom. The smallest absolute Gasteiger partial charge is 0.335 e. The number of aromatic carboxylic acids is 1. The maximum absolute atomic E-state index is 11.6. The van der Waals surface area contributed by atoms with Crippen molar-refractivity contribution in [1.29, 1.82) is 0 Å². The van der Waals surface area contributed by atoms with Crippen molar-refractivity contribution < 1.29 is 19.4 Å². The summed E-state index contributed by atoms with van der Waals surface area (Å²) in [5, 5.41) is 11.4. The summed E-state index contributed by atoms with van der Waals surface area (Å²) in [7, 11) is 1.47. The highest BCUT2D eigenvalue weighted by atomic mass is 16.5. The number of amides is 1. The number of carbonyl (C=O) groups excluding carboxylic acids is 1. The molecule has 1 aromatic rings. The summed E-state index contributed by atoms with van der Waals surface area (Å²) in [6.45, 7) is 1.85. The van der Waals surface area contributed by atoms with Gasteiger partial charge >= 0.3 is 5.97 Å². The van der Waals surface area contributed by atoms with Gasteiger partial charge in [0.2, 0.25) is 0 Å². The van der Waals surface area contributed by atoms with Crippen LogP contribution in [0.25, 0.3) is 0 Å². The molecule has 1 rings (SSSR count). The fraction of sp³-hybridized carbons (Fsp3) is 0.333. The summed E-state index contributed by atoms with van der Waals surface area (Å²) >= 11 is 0. The predicted octanol–water partition coefficient (Wildman–Crippen LogP) is 1.75. The number of carboxylic acids is 1. The van der Waals surface area contributed by atoms with Crippen LogP contribution in [0, 0.1) is 0 Å². The molecular weight excluding hydrogens is 222 g/mol. The number of hydrogen-bond donors (Lipinski definition) is 2. The zero-order chi connectivity index (χ0) is 12.8. The molecule has 0 radical (unpaired) electrons. The molecule has 5 heteroatoms. The van der Waals surface area contributed by atoms with E-state index >= 15 is 0 Å².